The SMILES string of the molecule is CC1(C)O[C@@H]2[C@@H](O1)C(c1ccccc1)(c1ccccc1)OP(OC(C)(C)C1=N[C@@H](c3ccccc3)CO1)OC2(c1ccccc1)c1ccccc1. The number of hydrogen-bond donors (Lipinski definition) is 0. The van der Waals surface area contributed by atoms with Crippen molar-refractivity contribution in [2.75, 3.05) is 6.61 Å². The first-order valence-electron chi connectivity index (χ1n) is 17.4. The first-order valence-corrected chi connectivity index (χ1v) is 18.5. The van der Waals surface area contributed by atoms with Gasteiger partial charge in [0.25, 0.3) is 0 Å². The van der Waals surface area contributed by atoms with Crippen molar-refractivity contribution in [3.63, 3.8) is 0 Å². The number of hydrogen-bond acceptors (Lipinski definition) is 7. The monoisotopic (exact) mass is 699 g/mol. The van der Waals surface area contributed by atoms with Gasteiger partial charge in [-0.2, -0.15) is 0 Å². The molecule has 2 fully saturated rings. The van der Waals surface area contributed by atoms with Gasteiger partial charge >= 0.3 is 8.60 Å². The molecule has 0 radical (unpaired) electrons. The van der Waals surface area contributed by atoms with Crippen LogP contribution in [0.25, 0.3) is 0 Å². The van der Waals surface area contributed by atoms with Crippen LogP contribution in [-0.2, 0) is 39.0 Å². The van der Waals surface area contributed by atoms with Crippen LogP contribution >= 0.6 is 8.60 Å². The maximum atomic E-state index is 7.49. The maximum absolute atomic E-state index is 7.49. The molecule has 0 aromatic heterocycles. The Hall–Kier alpha value is -4.20. The normalized spacial score (nSPS) is 23.8. The lowest BCUT2D eigenvalue weighted by atomic mass is 9.72. The Morgan fingerprint density at radius 3 is 1.35 bits per heavy atom. The zero-order valence-electron chi connectivity index (χ0n) is 29.2. The average molecular weight is 700 g/mol. The first kappa shape index (κ1) is 33.9. The third-order valence-electron chi connectivity index (χ3n) is 9.80. The molecule has 51 heavy (non-hydrogen) atoms. The van der Waals surface area contributed by atoms with Crippen LogP contribution in [0.15, 0.2) is 157 Å². The molecule has 0 amide bonds. The topological polar surface area (TPSA) is 67.7 Å². The molecule has 7 nitrogen and oxygen atoms in total. The van der Waals surface area contributed by atoms with E-state index in [1.54, 1.807) is 0 Å². The minimum absolute atomic E-state index is 0.142. The molecule has 0 spiro atoms. The fourth-order valence-corrected chi connectivity index (χ4v) is 9.13. The number of nitrogens with zero attached hydrogens (tertiary/aromatic N) is 1. The summed E-state index contributed by atoms with van der Waals surface area (Å²) in [4.78, 5) is 5.02. The second-order valence-corrected chi connectivity index (χ2v) is 15.1. The molecule has 3 heterocycles. The Morgan fingerprint density at radius 1 is 0.588 bits per heavy atom. The van der Waals surface area contributed by atoms with Crippen molar-refractivity contribution in [3.05, 3.63) is 179 Å². The highest BCUT2D eigenvalue weighted by Gasteiger charge is 2.67. The Balaban J connectivity index is 1.35. The fourth-order valence-electron chi connectivity index (χ4n) is 7.47. The summed E-state index contributed by atoms with van der Waals surface area (Å²) in [5.74, 6) is -0.496. The molecule has 5 aromatic carbocycles. The molecule has 260 valence electrons. The fraction of sp³-hybridized carbons (Fsp3) is 0.279. The third kappa shape index (κ3) is 6.12. The Labute approximate surface area is 301 Å². The minimum atomic E-state index is -2.22. The van der Waals surface area contributed by atoms with Crippen LogP contribution in [0.1, 0.15) is 61.6 Å². The van der Waals surface area contributed by atoms with Crippen molar-refractivity contribution < 1.29 is 27.8 Å². The van der Waals surface area contributed by atoms with Crippen LogP contribution in [-0.4, -0.2) is 36.1 Å². The van der Waals surface area contributed by atoms with E-state index in [1.165, 1.54) is 0 Å². The summed E-state index contributed by atoms with van der Waals surface area (Å²) in [7, 11) is -2.22. The molecule has 0 saturated carbocycles. The summed E-state index contributed by atoms with van der Waals surface area (Å²) in [5.41, 5.74) is 1.16. The second-order valence-electron chi connectivity index (χ2n) is 14.1. The van der Waals surface area contributed by atoms with E-state index in [0.717, 1.165) is 27.8 Å². The van der Waals surface area contributed by atoms with E-state index in [-0.39, 0.29) is 6.04 Å². The highest BCUT2D eigenvalue weighted by molar-refractivity contribution is 7.41. The molecule has 2 saturated heterocycles. The van der Waals surface area contributed by atoms with Crippen LogP contribution in [0.4, 0.5) is 0 Å². The summed E-state index contributed by atoms with van der Waals surface area (Å²) in [5, 5.41) is 0. The van der Waals surface area contributed by atoms with Gasteiger partial charge in [0.2, 0.25) is 5.90 Å². The van der Waals surface area contributed by atoms with E-state index in [4.69, 9.17) is 32.8 Å². The minimum Gasteiger partial charge on any atom is -0.476 e. The Morgan fingerprint density at radius 2 is 0.961 bits per heavy atom. The van der Waals surface area contributed by atoms with Crippen LogP contribution < -0.4 is 0 Å². The molecule has 0 unspecified atom stereocenters. The van der Waals surface area contributed by atoms with Crippen LogP contribution in [0.3, 0.4) is 0 Å². The van der Waals surface area contributed by atoms with E-state index < -0.39 is 43.4 Å². The molecule has 3 aliphatic rings. The van der Waals surface area contributed by atoms with E-state index >= 15 is 0 Å². The van der Waals surface area contributed by atoms with Crippen LogP contribution in [0.5, 0.6) is 0 Å². The van der Waals surface area contributed by atoms with Crippen molar-refractivity contribution >= 4 is 14.5 Å². The number of ether oxygens (including phenoxy) is 3. The second kappa shape index (κ2) is 13.4. The number of aliphatic imine (C=N–C) groups is 1. The molecule has 5 aromatic rings. The smallest absolute Gasteiger partial charge is 0.336 e. The highest BCUT2D eigenvalue weighted by atomic mass is 31.2. The maximum Gasteiger partial charge on any atom is 0.336 e. The molecule has 3 aliphatic heterocycles. The molecule has 8 rings (SSSR count). The lowest BCUT2D eigenvalue weighted by molar-refractivity contribution is -0.177. The lowest BCUT2D eigenvalue weighted by Gasteiger charge is -2.41. The molecule has 0 N–H and O–H groups in total. The number of fused-ring (bicyclic) bond motifs is 1. The molecule has 3 atom stereocenters. The first-order chi connectivity index (χ1) is 24.7. The average Bonchev–Trinajstić information content (AvgIpc) is 3.78. The van der Waals surface area contributed by atoms with Gasteiger partial charge in [0.15, 0.2) is 17.0 Å². The van der Waals surface area contributed by atoms with Gasteiger partial charge in [-0.15, -0.1) is 0 Å². The van der Waals surface area contributed by atoms with Gasteiger partial charge in [-0.25, -0.2) is 4.99 Å². The van der Waals surface area contributed by atoms with E-state index in [2.05, 4.69) is 60.7 Å². The zero-order valence-corrected chi connectivity index (χ0v) is 30.1. The summed E-state index contributed by atoms with van der Waals surface area (Å²) in [6, 6.07) is 50.8. The van der Waals surface area contributed by atoms with Crippen molar-refractivity contribution in [1.29, 1.82) is 0 Å². The van der Waals surface area contributed by atoms with E-state index in [1.807, 2.05) is 119 Å². The van der Waals surface area contributed by atoms with Gasteiger partial charge in [-0.05, 0) is 55.5 Å². The zero-order chi connectivity index (χ0) is 35.1. The van der Waals surface area contributed by atoms with Crippen molar-refractivity contribution in [3.8, 4) is 0 Å². The molecule has 0 aliphatic carbocycles. The van der Waals surface area contributed by atoms with E-state index in [9.17, 15) is 0 Å². The largest absolute Gasteiger partial charge is 0.476 e. The Bertz CT molecular complexity index is 1780. The van der Waals surface area contributed by atoms with Gasteiger partial charge in [0.1, 0.15) is 30.5 Å². The summed E-state index contributed by atoms with van der Waals surface area (Å²) < 4.78 is 42.5. The lowest BCUT2D eigenvalue weighted by Crippen LogP contribution is -2.53. The van der Waals surface area contributed by atoms with Gasteiger partial charge in [0, 0.05) is 0 Å². The highest BCUT2D eigenvalue weighted by Crippen LogP contribution is 2.66. The van der Waals surface area contributed by atoms with Crippen LogP contribution in [0, 0.1) is 0 Å². The summed E-state index contributed by atoms with van der Waals surface area (Å²) in [6.45, 7) is 8.22. The molecular weight excluding hydrogens is 657 g/mol. The van der Waals surface area contributed by atoms with Crippen molar-refractivity contribution in [2.24, 2.45) is 4.99 Å². The van der Waals surface area contributed by atoms with Gasteiger partial charge in [0.05, 0.1) is 0 Å². The van der Waals surface area contributed by atoms with Gasteiger partial charge < -0.3 is 14.2 Å². The third-order valence-corrected chi connectivity index (χ3v) is 11.3. The van der Waals surface area contributed by atoms with Gasteiger partial charge in [-0.3, -0.25) is 13.6 Å². The Kier molecular flexibility index (Phi) is 8.92. The molecular formula is C43H42NO6P. The molecule has 8 heteroatoms. The molecule has 0 bridgehead atoms. The number of rotatable bonds is 8. The summed E-state index contributed by atoms with van der Waals surface area (Å²) >= 11 is 0. The predicted molar refractivity (Wildman–Crippen MR) is 198 cm³/mol. The van der Waals surface area contributed by atoms with E-state index in [0.29, 0.717) is 12.5 Å². The number of benzene rings is 5. The van der Waals surface area contributed by atoms with Crippen LogP contribution in [0.2, 0.25) is 0 Å². The van der Waals surface area contributed by atoms with Crippen molar-refractivity contribution in [2.45, 2.75) is 68.5 Å². The quantitative estimate of drug-likeness (QED) is 0.150. The summed E-state index contributed by atoms with van der Waals surface area (Å²) in [6.07, 6.45) is -1.39. The standard InChI is InChI=1S/C43H42NO6P/c1-40(2,39-44-36(30-45-39)31-20-10-5-11-21-31)48-51-49-42(32-22-12-6-13-23-32,33-24-14-7-15-25-33)37-38(47-41(3,4)46-37)43(50-51,34-26-16-8-17-27-34)35-28-18-9-19-29-35/h5-29,36-38H,30H2,1-4H3/t36-,37-,38-/m1/s1. The predicted octanol–water partition coefficient (Wildman–Crippen LogP) is 9.63. The van der Waals surface area contributed by atoms with Crippen molar-refractivity contribution in [1.82, 2.24) is 0 Å². The van der Waals surface area contributed by atoms with Gasteiger partial charge in [-0.1, -0.05) is 152 Å².